The molecule has 0 rings (SSSR count). The lowest BCUT2D eigenvalue weighted by Crippen LogP contribution is -2.39. The Morgan fingerprint density at radius 1 is 0.957 bits per heavy atom. The maximum Gasteiger partial charge on any atom is 0.408 e. The van der Waals surface area contributed by atoms with Crippen molar-refractivity contribution in [3.63, 3.8) is 0 Å². The van der Waals surface area contributed by atoms with E-state index in [9.17, 15) is 14.4 Å². The van der Waals surface area contributed by atoms with Crippen molar-refractivity contribution in [2.45, 2.75) is 25.3 Å². The van der Waals surface area contributed by atoms with E-state index in [1.165, 1.54) is 0 Å². The lowest BCUT2D eigenvalue weighted by molar-refractivity contribution is -0.141. The van der Waals surface area contributed by atoms with E-state index < -0.39 is 36.5 Å². The van der Waals surface area contributed by atoms with E-state index in [0.717, 1.165) is 6.07 Å². The molecule has 0 aliphatic carbocycles. The van der Waals surface area contributed by atoms with Crippen molar-refractivity contribution in [2.75, 3.05) is 19.6 Å². The van der Waals surface area contributed by atoms with Crippen LogP contribution in [0.3, 0.4) is 0 Å². The van der Waals surface area contributed by atoms with Gasteiger partial charge in [0.25, 0.3) is 0 Å². The zero-order valence-corrected chi connectivity index (χ0v) is 12.2. The number of hydrogen-bond donors (Lipinski definition) is 6. The van der Waals surface area contributed by atoms with Gasteiger partial charge in [-0.05, 0) is 19.4 Å². The number of rotatable bonds is 11. The average molecular weight is 333 g/mol. The van der Waals surface area contributed by atoms with Crippen molar-refractivity contribution in [2.24, 2.45) is 0 Å². The van der Waals surface area contributed by atoms with Gasteiger partial charge in [0.15, 0.2) is 6.07 Å². The van der Waals surface area contributed by atoms with Crippen molar-refractivity contribution in [1.29, 1.82) is 5.26 Å². The summed E-state index contributed by atoms with van der Waals surface area (Å²) in [7, 11) is 0. The first-order valence-corrected chi connectivity index (χ1v) is 6.44. The minimum Gasteiger partial charge on any atom is -0.480 e. The molecule has 0 saturated heterocycles. The van der Waals surface area contributed by atoms with Crippen LogP contribution in [0.15, 0.2) is 0 Å². The van der Waals surface area contributed by atoms with Gasteiger partial charge in [-0.25, -0.2) is 4.79 Å². The zero-order valence-electron chi connectivity index (χ0n) is 12.2. The summed E-state index contributed by atoms with van der Waals surface area (Å²) >= 11 is 0. The molecule has 0 saturated carbocycles. The highest BCUT2D eigenvalue weighted by Gasteiger charge is 2.16. The van der Waals surface area contributed by atoms with E-state index in [0.29, 0.717) is 25.8 Å². The number of hydrogen-bond acceptors (Lipinski definition) is 7. The van der Waals surface area contributed by atoms with E-state index in [1.54, 1.807) is 0 Å². The summed E-state index contributed by atoms with van der Waals surface area (Å²) < 4.78 is 0. The molecule has 11 nitrogen and oxygen atoms in total. The van der Waals surface area contributed by atoms with Crippen LogP contribution in [0.2, 0.25) is 0 Å². The largest absolute Gasteiger partial charge is 0.480 e. The Hall–Kier alpha value is -2.71. The fourth-order valence-corrected chi connectivity index (χ4v) is 1.32. The molecule has 0 aliphatic rings. The maximum atomic E-state index is 10.8. The molecule has 0 unspecified atom stereocenters. The highest BCUT2D eigenvalue weighted by molar-refractivity contribution is 5.83. The number of carbonyl (C=O) groups is 4. The van der Waals surface area contributed by atoms with Gasteiger partial charge in [0, 0.05) is 0 Å². The van der Waals surface area contributed by atoms with Gasteiger partial charge in [-0.15, -0.1) is 0 Å². The fourth-order valence-electron chi connectivity index (χ4n) is 1.32. The Morgan fingerprint density at radius 3 is 1.87 bits per heavy atom. The number of nitrogens with one attached hydrogen (secondary N) is 2. The molecule has 6 N–H and O–H groups in total. The van der Waals surface area contributed by atoms with Crippen LogP contribution in [0.25, 0.3) is 0 Å². The summed E-state index contributed by atoms with van der Waals surface area (Å²) in [6.45, 7) is -0.0363. The first-order chi connectivity index (χ1) is 10.7. The van der Waals surface area contributed by atoms with Crippen molar-refractivity contribution < 1.29 is 39.6 Å². The van der Waals surface area contributed by atoms with Crippen molar-refractivity contribution in [3.8, 4) is 6.07 Å². The summed E-state index contributed by atoms with van der Waals surface area (Å²) in [5.74, 6) is -4.58. The van der Waals surface area contributed by atoms with Crippen LogP contribution in [0.1, 0.15) is 19.3 Å². The molecule has 0 spiro atoms. The molecule has 11 heteroatoms. The molecule has 0 fully saturated rings. The fraction of sp³-hybridized carbons (Fsp3) is 0.583. The second-order valence-corrected chi connectivity index (χ2v) is 4.15. The van der Waals surface area contributed by atoms with E-state index in [1.807, 2.05) is 0 Å². The van der Waals surface area contributed by atoms with Crippen LogP contribution >= 0.6 is 0 Å². The van der Waals surface area contributed by atoms with Gasteiger partial charge in [0.2, 0.25) is 0 Å². The Balaban J connectivity index is 0. The number of aliphatic carboxylic acids is 4. The molecule has 0 aliphatic heterocycles. The predicted molar refractivity (Wildman–Crippen MR) is 74.7 cm³/mol. The van der Waals surface area contributed by atoms with Crippen LogP contribution < -0.4 is 10.6 Å². The minimum absolute atomic E-state index is 0.125. The first kappa shape index (κ1) is 22.6. The Kier molecular flexibility index (Phi) is 14.0. The van der Waals surface area contributed by atoms with Crippen LogP contribution in [0.5, 0.6) is 0 Å². The van der Waals surface area contributed by atoms with Gasteiger partial charge in [0.05, 0.1) is 13.1 Å². The third-order valence-corrected chi connectivity index (χ3v) is 2.27. The van der Waals surface area contributed by atoms with E-state index in [4.69, 9.17) is 30.5 Å². The summed E-state index contributed by atoms with van der Waals surface area (Å²) in [6.07, 6.45) is 1.50. The standard InChI is InChI=1S/C10H18N2O6.C2HNO2/c13-8(14)5-11-4-2-1-3-7(10(17)18)12-6-9(15)16;3-1-2(4)5/h7,11-12H,1-6H2,(H,13,14)(H,15,16)(H,17,18);(H,4,5)/t7-;/m0./s1. The highest BCUT2D eigenvalue weighted by atomic mass is 16.4. The molecule has 0 radical (unpaired) electrons. The third-order valence-electron chi connectivity index (χ3n) is 2.27. The third kappa shape index (κ3) is 19.3. The highest BCUT2D eigenvalue weighted by Crippen LogP contribution is 2.00. The molecular formula is C12H19N3O8. The molecule has 0 aromatic carbocycles. The van der Waals surface area contributed by atoms with Gasteiger partial charge in [-0.2, -0.15) is 5.26 Å². The second kappa shape index (κ2) is 14.2. The van der Waals surface area contributed by atoms with Gasteiger partial charge < -0.3 is 25.7 Å². The minimum atomic E-state index is -1.44. The quantitative estimate of drug-likeness (QED) is 0.147. The predicted octanol–water partition coefficient (Wildman–Crippen LogP) is -1.45. The molecule has 23 heavy (non-hydrogen) atoms. The SMILES string of the molecule is N#CC(=O)O.O=C(O)CNCCCC[C@H](NCC(=O)O)C(=O)O. The smallest absolute Gasteiger partial charge is 0.408 e. The summed E-state index contributed by atoms with van der Waals surface area (Å²) in [4.78, 5) is 40.2. The second-order valence-electron chi connectivity index (χ2n) is 4.15. The Morgan fingerprint density at radius 2 is 1.48 bits per heavy atom. The van der Waals surface area contributed by atoms with Crippen LogP contribution in [0, 0.1) is 11.3 Å². The Labute approximate surface area is 131 Å². The molecule has 130 valence electrons. The molecule has 1 atom stereocenters. The van der Waals surface area contributed by atoms with Crippen molar-refractivity contribution in [1.82, 2.24) is 10.6 Å². The molecule has 0 aromatic heterocycles. The van der Waals surface area contributed by atoms with Gasteiger partial charge >= 0.3 is 23.9 Å². The molecule has 0 amide bonds. The topological polar surface area (TPSA) is 197 Å². The van der Waals surface area contributed by atoms with E-state index in [-0.39, 0.29) is 6.54 Å². The number of nitrogens with zero attached hydrogens (tertiary/aromatic N) is 1. The summed E-state index contributed by atoms with van der Waals surface area (Å²) in [6, 6.07) is 0.0561. The molecule has 0 aromatic rings. The number of unbranched alkanes of at least 4 members (excludes halogenated alkanes) is 1. The monoisotopic (exact) mass is 333 g/mol. The molecule has 0 heterocycles. The van der Waals surface area contributed by atoms with Crippen LogP contribution in [-0.2, 0) is 19.2 Å². The van der Waals surface area contributed by atoms with E-state index >= 15 is 0 Å². The number of carboxylic acids is 4. The summed E-state index contributed by atoms with van der Waals surface area (Å²) in [5.41, 5.74) is 0. The molecular weight excluding hydrogens is 314 g/mol. The Bertz CT molecular complexity index is 446. The lowest BCUT2D eigenvalue weighted by Gasteiger charge is -2.12. The van der Waals surface area contributed by atoms with Gasteiger partial charge in [0.1, 0.15) is 6.04 Å². The maximum absolute atomic E-state index is 10.8. The van der Waals surface area contributed by atoms with Crippen molar-refractivity contribution >= 4 is 23.9 Å². The van der Waals surface area contributed by atoms with Crippen LogP contribution in [-0.4, -0.2) is 70.0 Å². The average Bonchev–Trinajstić information content (AvgIpc) is 2.45. The normalized spacial score (nSPS) is 10.6. The van der Waals surface area contributed by atoms with Crippen molar-refractivity contribution in [3.05, 3.63) is 0 Å². The zero-order chi connectivity index (χ0) is 18.3. The number of carboxylic acid groups (broad SMARTS) is 4. The summed E-state index contributed by atoms with van der Waals surface area (Å²) in [5, 5.41) is 45.3. The van der Waals surface area contributed by atoms with Gasteiger partial charge in [-0.1, -0.05) is 6.42 Å². The van der Waals surface area contributed by atoms with E-state index in [2.05, 4.69) is 10.6 Å². The number of nitriles is 1. The van der Waals surface area contributed by atoms with Crippen LogP contribution in [0.4, 0.5) is 0 Å². The lowest BCUT2D eigenvalue weighted by atomic mass is 10.1. The first-order valence-electron chi connectivity index (χ1n) is 6.44. The van der Waals surface area contributed by atoms with Gasteiger partial charge in [-0.3, -0.25) is 19.7 Å². The molecule has 0 bridgehead atoms.